The van der Waals surface area contributed by atoms with Crippen LogP contribution in [-0.2, 0) is 41.6 Å². The first-order chi connectivity index (χ1) is 14.6. The minimum absolute atomic E-state index is 0.119. The highest BCUT2D eigenvalue weighted by Crippen LogP contribution is 2.31. The van der Waals surface area contributed by atoms with E-state index in [1.165, 1.54) is 7.11 Å². The van der Waals surface area contributed by atoms with Crippen LogP contribution < -0.4 is 0 Å². The van der Waals surface area contributed by atoms with Gasteiger partial charge in [0.25, 0.3) is 0 Å². The first-order valence-corrected chi connectivity index (χ1v) is 10.1. The van der Waals surface area contributed by atoms with Crippen LogP contribution >= 0.6 is 0 Å². The molecular formula is C24H28O6. The molecule has 2 aromatic carbocycles. The third-order valence-electron chi connectivity index (χ3n) is 5.37. The summed E-state index contributed by atoms with van der Waals surface area (Å²) in [5, 5.41) is 0. The maximum Gasteiger partial charge on any atom is 0.321 e. The van der Waals surface area contributed by atoms with Crippen molar-refractivity contribution in [3.63, 3.8) is 0 Å². The van der Waals surface area contributed by atoms with Crippen LogP contribution in [0.3, 0.4) is 0 Å². The molecule has 0 bridgehead atoms. The summed E-state index contributed by atoms with van der Waals surface area (Å²) in [7, 11) is 2.93. The predicted molar refractivity (Wildman–Crippen MR) is 111 cm³/mol. The van der Waals surface area contributed by atoms with Gasteiger partial charge in [-0.3, -0.25) is 9.59 Å². The Morgan fingerprint density at radius 2 is 1.80 bits per heavy atom. The van der Waals surface area contributed by atoms with Gasteiger partial charge in [0.1, 0.15) is 6.61 Å². The number of ether oxygens (including phenoxy) is 4. The number of rotatable bonds is 8. The van der Waals surface area contributed by atoms with Gasteiger partial charge in [-0.05, 0) is 35.4 Å². The third-order valence-corrected chi connectivity index (χ3v) is 5.37. The summed E-state index contributed by atoms with van der Waals surface area (Å²) in [5.41, 5.74) is 2.91. The first kappa shape index (κ1) is 22.0. The van der Waals surface area contributed by atoms with Gasteiger partial charge in [0.05, 0.1) is 13.7 Å². The van der Waals surface area contributed by atoms with Crippen LogP contribution in [0.2, 0.25) is 0 Å². The lowest BCUT2D eigenvalue weighted by molar-refractivity contribution is -0.161. The van der Waals surface area contributed by atoms with Gasteiger partial charge in [-0.25, -0.2) is 0 Å². The summed E-state index contributed by atoms with van der Waals surface area (Å²) in [6.07, 6.45) is 1.70. The summed E-state index contributed by atoms with van der Waals surface area (Å²) in [5.74, 6) is -1.87. The summed E-state index contributed by atoms with van der Waals surface area (Å²) in [6, 6.07) is 17.3. The van der Waals surface area contributed by atoms with Gasteiger partial charge in [0, 0.05) is 13.5 Å². The lowest BCUT2D eigenvalue weighted by Crippen LogP contribution is -2.29. The molecule has 6 nitrogen and oxygen atoms in total. The molecule has 6 heteroatoms. The summed E-state index contributed by atoms with van der Waals surface area (Å²) in [6.45, 7) is 0.762. The minimum Gasteiger partial charge on any atom is -0.468 e. The fourth-order valence-electron chi connectivity index (χ4n) is 3.67. The number of carbonyl (C=O) groups is 2. The van der Waals surface area contributed by atoms with E-state index < -0.39 is 17.9 Å². The molecule has 1 heterocycles. The number of methoxy groups -OCH3 is 2. The fraction of sp³-hybridized carbons (Fsp3) is 0.417. The Morgan fingerprint density at radius 3 is 2.53 bits per heavy atom. The zero-order chi connectivity index (χ0) is 21.3. The highest BCUT2D eigenvalue weighted by molar-refractivity contribution is 5.95. The Morgan fingerprint density at radius 1 is 1.03 bits per heavy atom. The summed E-state index contributed by atoms with van der Waals surface area (Å²) < 4.78 is 21.2. The van der Waals surface area contributed by atoms with Crippen molar-refractivity contribution >= 4 is 11.9 Å². The van der Waals surface area contributed by atoms with Crippen molar-refractivity contribution in [1.82, 2.24) is 0 Å². The molecule has 0 amide bonds. The molecule has 3 unspecified atom stereocenters. The van der Waals surface area contributed by atoms with E-state index in [9.17, 15) is 9.59 Å². The molecule has 0 radical (unpaired) electrons. The number of esters is 2. The van der Waals surface area contributed by atoms with Gasteiger partial charge in [-0.1, -0.05) is 54.6 Å². The highest BCUT2D eigenvalue weighted by atomic mass is 16.7. The first-order valence-electron chi connectivity index (χ1n) is 10.1. The quantitative estimate of drug-likeness (QED) is 0.487. The van der Waals surface area contributed by atoms with Gasteiger partial charge >= 0.3 is 11.9 Å². The molecule has 0 aliphatic carbocycles. The molecule has 1 fully saturated rings. The minimum atomic E-state index is -1.00. The maximum absolute atomic E-state index is 12.6. The van der Waals surface area contributed by atoms with Gasteiger partial charge < -0.3 is 18.9 Å². The van der Waals surface area contributed by atoms with Gasteiger partial charge in [-0.15, -0.1) is 0 Å². The second kappa shape index (κ2) is 10.9. The number of hydrogen-bond acceptors (Lipinski definition) is 6. The molecule has 0 N–H and O–H groups in total. The highest BCUT2D eigenvalue weighted by Gasteiger charge is 2.30. The average molecular weight is 412 g/mol. The molecule has 30 heavy (non-hydrogen) atoms. The van der Waals surface area contributed by atoms with Crippen molar-refractivity contribution in [2.45, 2.75) is 38.1 Å². The molecule has 1 aliphatic heterocycles. The van der Waals surface area contributed by atoms with Crippen LogP contribution in [0, 0.1) is 5.92 Å². The van der Waals surface area contributed by atoms with Crippen molar-refractivity contribution in [1.29, 1.82) is 0 Å². The number of hydrogen-bond donors (Lipinski definition) is 0. The zero-order valence-electron chi connectivity index (χ0n) is 17.4. The van der Waals surface area contributed by atoms with E-state index in [-0.39, 0.29) is 19.3 Å². The van der Waals surface area contributed by atoms with Crippen LogP contribution in [0.15, 0.2) is 54.6 Å². The third kappa shape index (κ3) is 5.90. The maximum atomic E-state index is 12.6. The summed E-state index contributed by atoms with van der Waals surface area (Å²) in [4.78, 5) is 24.9. The Hall–Kier alpha value is -2.70. The smallest absolute Gasteiger partial charge is 0.321 e. The zero-order valence-corrected chi connectivity index (χ0v) is 17.4. The molecule has 1 aliphatic rings. The van der Waals surface area contributed by atoms with Crippen molar-refractivity contribution in [3.05, 3.63) is 71.3 Å². The van der Waals surface area contributed by atoms with Crippen LogP contribution in [0.4, 0.5) is 0 Å². The van der Waals surface area contributed by atoms with E-state index in [2.05, 4.69) is 6.07 Å². The molecule has 0 spiro atoms. The second-order valence-electron chi connectivity index (χ2n) is 7.38. The second-order valence-corrected chi connectivity index (χ2v) is 7.38. The lowest BCUT2D eigenvalue weighted by Gasteiger charge is -2.29. The number of carbonyl (C=O) groups excluding carboxylic acids is 2. The SMILES string of the molecule is COC(=O)C(Cc1cccc(C2CCOC(OC)C2)c1)C(=O)OCc1ccccc1. The average Bonchev–Trinajstić information content (AvgIpc) is 2.81. The van der Waals surface area contributed by atoms with Crippen LogP contribution in [0.5, 0.6) is 0 Å². The van der Waals surface area contributed by atoms with Gasteiger partial charge in [0.2, 0.25) is 0 Å². The van der Waals surface area contributed by atoms with Crippen molar-refractivity contribution in [3.8, 4) is 0 Å². The van der Waals surface area contributed by atoms with Crippen molar-refractivity contribution < 1.29 is 28.5 Å². The van der Waals surface area contributed by atoms with E-state index in [0.717, 1.165) is 29.5 Å². The molecule has 3 rings (SSSR count). The predicted octanol–water partition coefficient (Wildman–Crippen LogP) is 3.63. The fourth-order valence-corrected chi connectivity index (χ4v) is 3.67. The van der Waals surface area contributed by atoms with Crippen LogP contribution in [-0.4, -0.2) is 39.1 Å². The standard InChI is InChI=1S/C24H28O6/c1-27-22-15-20(11-12-29-22)19-10-6-9-18(13-19)14-21(23(25)28-2)24(26)30-16-17-7-4-3-5-8-17/h3-10,13,20-22H,11-12,14-16H2,1-2H3. The van der Waals surface area contributed by atoms with Gasteiger partial charge in [0.15, 0.2) is 12.2 Å². The van der Waals surface area contributed by atoms with Crippen LogP contribution in [0.25, 0.3) is 0 Å². The molecule has 0 saturated carbocycles. The Kier molecular flexibility index (Phi) is 7.99. The number of benzene rings is 2. The Labute approximate surface area is 177 Å². The molecular weight excluding hydrogens is 384 g/mol. The van der Waals surface area contributed by atoms with Gasteiger partial charge in [-0.2, -0.15) is 0 Å². The molecule has 0 aromatic heterocycles. The largest absolute Gasteiger partial charge is 0.468 e. The lowest BCUT2D eigenvalue weighted by atomic mass is 9.88. The van der Waals surface area contributed by atoms with E-state index in [0.29, 0.717) is 12.5 Å². The molecule has 3 atom stereocenters. The van der Waals surface area contributed by atoms with E-state index in [1.54, 1.807) is 7.11 Å². The Bertz CT molecular complexity index is 835. The molecule has 2 aromatic rings. The topological polar surface area (TPSA) is 71.1 Å². The molecule has 160 valence electrons. The van der Waals surface area contributed by atoms with E-state index >= 15 is 0 Å². The van der Waals surface area contributed by atoms with Crippen molar-refractivity contribution in [2.24, 2.45) is 5.92 Å². The monoisotopic (exact) mass is 412 g/mol. The normalized spacial score (nSPS) is 19.7. The van der Waals surface area contributed by atoms with Crippen molar-refractivity contribution in [2.75, 3.05) is 20.8 Å². The summed E-state index contributed by atoms with van der Waals surface area (Å²) >= 11 is 0. The van der Waals surface area contributed by atoms with E-state index in [1.807, 2.05) is 48.5 Å². The van der Waals surface area contributed by atoms with Crippen LogP contribution in [0.1, 0.15) is 35.4 Å². The molecule has 1 saturated heterocycles. The van der Waals surface area contributed by atoms with E-state index in [4.69, 9.17) is 18.9 Å². The Balaban J connectivity index is 1.68.